The molecule has 1 aliphatic heterocycles. The molecule has 0 bridgehead atoms. The lowest BCUT2D eigenvalue weighted by Gasteiger charge is -2.44. The van der Waals surface area contributed by atoms with Crippen LogP contribution in [-0.4, -0.2) is 31.2 Å². The molecule has 2 aromatic carbocycles. The Labute approximate surface area is 224 Å². The first-order chi connectivity index (χ1) is 18.4. The van der Waals surface area contributed by atoms with Crippen LogP contribution in [0.4, 0.5) is 0 Å². The molecular formula is C31H37N5O2. The highest BCUT2D eigenvalue weighted by atomic mass is 16.5. The number of aryl methyl sites for hydroxylation is 3. The van der Waals surface area contributed by atoms with Crippen LogP contribution < -0.4 is 15.2 Å². The molecule has 4 atom stereocenters. The second-order valence-electron chi connectivity index (χ2n) is 11.1. The first kappa shape index (κ1) is 24.7. The Morgan fingerprint density at radius 3 is 2.47 bits per heavy atom. The van der Waals surface area contributed by atoms with Crippen LogP contribution >= 0.6 is 0 Å². The molecule has 7 heteroatoms. The zero-order valence-electron chi connectivity index (χ0n) is 22.3. The summed E-state index contributed by atoms with van der Waals surface area (Å²) in [4.78, 5) is 0. The zero-order chi connectivity index (χ0) is 26.1. The van der Waals surface area contributed by atoms with Crippen molar-refractivity contribution < 1.29 is 9.47 Å². The standard InChI is InChI=1S/C31H37N5O2/c1-35-16-13-25(33-35)19-24-20-28(12-15-31(24,32)21-26-14-17-36(2)34-26)37-27-9-11-30-23(18-27)8-10-29(38-30)22-6-4-3-5-7-22/h3-7,9,11,13-14,16-18,24,28-29H,8,10,12,15,19-21,32H2,1-2H3. The lowest BCUT2D eigenvalue weighted by Crippen LogP contribution is -2.55. The molecule has 0 saturated heterocycles. The van der Waals surface area contributed by atoms with Gasteiger partial charge in [0.15, 0.2) is 0 Å². The molecule has 2 aliphatic rings. The molecule has 0 spiro atoms. The van der Waals surface area contributed by atoms with Gasteiger partial charge in [-0.1, -0.05) is 30.3 Å². The summed E-state index contributed by atoms with van der Waals surface area (Å²) in [7, 11) is 3.91. The van der Waals surface area contributed by atoms with Crippen molar-refractivity contribution in [2.75, 3.05) is 0 Å². The molecule has 4 unspecified atom stereocenters. The van der Waals surface area contributed by atoms with Gasteiger partial charge in [-0.05, 0) is 85.9 Å². The predicted octanol–water partition coefficient (Wildman–Crippen LogP) is 4.95. The number of hydrogen-bond donors (Lipinski definition) is 1. The highest BCUT2D eigenvalue weighted by Gasteiger charge is 2.42. The first-order valence-corrected chi connectivity index (χ1v) is 13.7. The van der Waals surface area contributed by atoms with E-state index in [1.165, 1.54) is 11.1 Å². The highest BCUT2D eigenvalue weighted by Crippen LogP contribution is 2.40. The Morgan fingerprint density at radius 2 is 1.74 bits per heavy atom. The molecule has 4 aromatic rings. The Bertz CT molecular complexity index is 1380. The summed E-state index contributed by atoms with van der Waals surface area (Å²) >= 11 is 0. The van der Waals surface area contributed by atoms with Crippen molar-refractivity contribution in [2.45, 2.75) is 62.7 Å². The van der Waals surface area contributed by atoms with Crippen molar-refractivity contribution in [3.8, 4) is 11.5 Å². The number of benzene rings is 2. The van der Waals surface area contributed by atoms with Gasteiger partial charge in [0.2, 0.25) is 0 Å². The van der Waals surface area contributed by atoms with Crippen LogP contribution in [0, 0.1) is 5.92 Å². The second kappa shape index (κ2) is 10.3. The van der Waals surface area contributed by atoms with Gasteiger partial charge in [-0.25, -0.2) is 0 Å². The molecule has 2 N–H and O–H groups in total. The Morgan fingerprint density at radius 1 is 0.974 bits per heavy atom. The van der Waals surface area contributed by atoms with E-state index in [4.69, 9.17) is 15.2 Å². The van der Waals surface area contributed by atoms with Crippen LogP contribution in [0.5, 0.6) is 11.5 Å². The molecule has 3 heterocycles. The van der Waals surface area contributed by atoms with E-state index in [2.05, 4.69) is 64.8 Å². The van der Waals surface area contributed by atoms with Gasteiger partial charge in [-0.3, -0.25) is 9.36 Å². The van der Waals surface area contributed by atoms with Gasteiger partial charge in [-0.15, -0.1) is 0 Å². The van der Waals surface area contributed by atoms with Gasteiger partial charge in [0.25, 0.3) is 0 Å². The van der Waals surface area contributed by atoms with Crippen LogP contribution in [0.1, 0.15) is 54.3 Å². The van der Waals surface area contributed by atoms with Gasteiger partial charge < -0.3 is 15.2 Å². The average molecular weight is 512 g/mol. The van der Waals surface area contributed by atoms with E-state index < -0.39 is 0 Å². The third-order valence-electron chi connectivity index (χ3n) is 8.25. The van der Waals surface area contributed by atoms with E-state index in [0.717, 1.165) is 67.8 Å². The molecule has 198 valence electrons. The van der Waals surface area contributed by atoms with E-state index in [1.54, 1.807) is 0 Å². The number of fused-ring (bicyclic) bond motifs is 1. The maximum Gasteiger partial charge on any atom is 0.124 e. The zero-order valence-corrected chi connectivity index (χ0v) is 22.3. The van der Waals surface area contributed by atoms with Crippen LogP contribution in [0.3, 0.4) is 0 Å². The number of hydrogen-bond acceptors (Lipinski definition) is 5. The molecule has 1 aliphatic carbocycles. The summed E-state index contributed by atoms with van der Waals surface area (Å²) in [5.74, 6) is 2.12. The minimum atomic E-state index is -0.345. The number of aromatic nitrogens is 4. The molecule has 6 rings (SSSR count). The summed E-state index contributed by atoms with van der Waals surface area (Å²) in [5.41, 5.74) is 11.4. The molecule has 2 aromatic heterocycles. The Balaban J connectivity index is 1.16. The van der Waals surface area contributed by atoms with Gasteiger partial charge in [0.1, 0.15) is 17.6 Å². The third kappa shape index (κ3) is 5.34. The normalized spacial score (nSPS) is 25.0. The van der Waals surface area contributed by atoms with Crippen molar-refractivity contribution in [3.05, 3.63) is 95.6 Å². The molecule has 1 fully saturated rings. The first-order valence-electron chi connectivity index (χ1n) is 13.7. The number of nitrogens with zero attached hydrogens (tertiary/aromatic N) is 4. The molecule has 38 heavy (non-hydrogen) atoms. The summed E-state index contributed by atoms with van der Waals surface area (Å²) in [6.07, 6.45) is 10.5. The second-order valence-corrected chi connectivity index (χ2v) is 11.1. The van der Waals surface area contributed by atoms with Crippen LogP contribution in [0.15, 0.2) is 73.1 Å². The van der Waals surface area contributed by atoms with Crippen molar-refractivity contribution in [1.29, 1.82) is 0 Å². The summed E-state index contributed by atoms with van der Waals surface area (Å²) < 4.78 is 16.7. The van der Waals surface area contributed by atoms with E-state index in [1.807, 2.05) is 41.9 Å². The lowest BCUT2D eigenvalue weighted by atomic mass is 9.68. The fraction of sp³-hybridized carbons (Fsp3) is 0.419. The third-order valence-corrected chi connectivity index (χ3v) is 8.25. The fourth-order valence-electron chi connectivity index (χ4n) is 6.18. The topological polar surface area (TPSA) is 80.1 Å². The van der Waals surface area contributed by atoms with Crippen molar-refractivity contribution in [3.63, 3.8) is 0 Å². The fourth-order valence-corrected chi connectivity index (χ4v) is 6.18. The molecule has 1 saturated carbocycles. The quantitative estimate of drug-likeness (QED) is 0.380. The van der Waals surface area contributed by atoms with Gasteiger partial charge in [-0.2, -0.15) is 10.2 Å². The molecule has 7 nitrogen and oxygen atoms in total. The summed E-state index contributed by atoms with van der Waals surface area (Å²) in [6, 6.07) is 20.9. The SMILES string of the molecule is Cn1ccc(CC2CC(Oc3ccc4c(c3)CCC(c3ccccc3)O4)CCC2(N)Cc2ccn(C)n2)n1. The van der Waals surface area contributed by atoms with Gasteiger partial charge in [0.05, 0.1) is 17.5 Å². The smallest absolute Gasteiger partial charge is 0.124 e. The van der Waals surface area contributed by atoms with Crippen molar-refractivity contribution in [1.82, 2.24) is 19.6 Å². The van der Waals surface area contributed by atoms with E-state index in [9.17, 15) is 0 Å². The maximum absolute atomic E-state index is 7.15. The van der Waals surface area contributed by atoms with E-state index in [0.29, 0.717) is 0 Å². The number of nitrogens with two attached hydrogens (primary N) is 1. The van der Waals surface area contributed by atoms with Crippen LogP contribution in [0.2, 0.25) is 0 Å². The summed E-state index contributed by atoms with van der Waals surface area (Å²) in [5, 5.41) is 9.28. The highest BCUT2D eigenvalue weighted by molar-refractivity contribution is 5.42. The molecular weight excluding hydrogens is 474 g/mol. The molecule has 0 radical (unpaired) electrons. The monoisotopic (exact) mass is 511 g/mol. The predicted molar refractivity (Wildman–Crippen MR) is 147 cm³/mol. The van der Waals surface area contributed by atoms with E-state index in [-0.39, 0.29) is 23.7 Å². The van der Waals surface area contributed by atoms with Crippen molar-refractivity contribution >= 4 is 0 Å². The maximum atomic E-state index is 7.15. The minimum absolute atomic E-state index is 0.109. The Hall–Kier alpha value is -3.58. The van der Waals surface area contributed by atoms with Crippen molar-refractivity contribution in [2.24, 2.45) is 25.7 Å². The van der Waals surface area contributed by atoms with Gasteiger partial charge >= 0.3 is 0 Å². The number of rotatable bonds is 7. The number of ether oxygens (including phenoxy) is 2. The minimum Gasteiger partial charge on any atom is -0.490 e. The lowest BCUT2D eigenvalue weighted by molar-refractivity contribution is 0.0682. The molecule has 0 amide bonds. The van der Waals surface area contributed by atoms with Crippen LogP contribution in [-0.2, 0) is 33.4 Å². The summed E-state index contributed by atoms with van der Waals surface area (Å²) in [6.45, 7) is 0. The van der Waals surface area contributed by atoms with E-state index >= 15 is 0 Å². The van der Waals surface area contributed by atoms with Crippen LogP contribution in [0.25, 0.3) is 0 Å². The largest absolute Gasteiger partial charge is 0.490 e. The van der Waals surface area contributed by atoms with Gasteiger partial charge in [0, 0.05) is 38.4 Å². The average Bonchev–Trinajstić information content (AvgIpc) is 3.53. The Kier molecular flexibility index (Phi) is 6.70.